The number of ether oxygens (including phenoxy) is 1. The Morgan fingerprint density at radius 3 is 2.44 bits per heavy atom. The number of anilines is 1. The molecule has 0 unspecified atom stereocenters. The molecule has 6 heteroatoms. The largest absolute Gasteiger partial charge is 0.478 e. The fourth-order valence-corrected chi connectivity index (χ4v) is 1.64. The summed E-state index contributed by atoms with van der Waals surface area (Å²) < 4.78 is 5.84. The minimum absolute atomic E-state index is 0.112. The molecule has 0 atom stereocenters. The van der Waals surface area contributed by atoms with Crippen LogP contribution >= 0.6 is 22.6 Å². The number of aromatic carboxylic acids is 1. The summed E-state index contributed by atoms with van der Waals surface area (Å²) in [6, 6.07) is 4.50. The molecule has 0 aromatic heterocycles. The number of carboxylic acid groups (broad SMARTS) is 1. The van der Waals surface area contributed by atoms with E-state index >= 15 is 0 Å². The molecule has 0 saturated carbocycles. The van der Waals surface area contributed by atoms with Gasteiger partial charge in [-0.3, -0.25) is 5.32 Å². The number of benzene rings is 1. The SMILES string of the molecule is CC(C)(C)OC(=O)Nc1cc(C(=O)O)ccc1I. The summed E-state index contributed by atoms with van der Waals surface area (Å²) in [6.45, 7) is 5.27. The van der Waals surface area contributed by atoms with Crippen LogP contribution in [0, 0.1) is 3.57 Å². The van der Waals surface area contributed by atoms with Crippen LogP contribution in [-0.2, 0) is 4.74 Å². The molecule has 1 aromatic carbocycles. The van der Waals surface area contributed by atoms with Gasteiger partial charge in [0, 0.05) is 3.57 Å². The first-order valence-corrected chi connectivity index (χ1v) is 6.30. The molecule has 0 aliphatic carbocycles. The van der Waals surface area contributed by atoms with Crippen LogP contribution in [0.25, 0.3) is 0 Å². The molecule has 1 rings (SSSR count). The van der Waals surface area contributed by atoms with Gasteiger partial charge in [-0.05, 0) is 61.6 Å². The first-order valence-electron chi connectivity index (χ1n) is 5.22. The number of nitrogens with one attached hydrogen (secondary N) is 1. The maximum absolute atomic E-state index is 11.6. The standard InChI is InChI=1S/C12H14INO4/c1-12(2,3)18-11(17)14-9-6-7(10(15)16)4-5-8(9)13/h4-6H,1-3H3,(H,14,17)(H,15,16). The van der Waals surface area contributed by atoms with Crippen LogP contribution in [0.2, 0.25) is 0 Å². The second kappa shape index (κ2) is 5.55. The second-order valence-electron chi connectivity index (χ2n) is 4.63. The van der Waals surface area contributed by atoms with Crippen molar-refractivity contribution < 1.29 is 19.4 Å². The summed E-state index contributed by atoms with van der Waals surface area (Å²) in [5, 5.41) is 11.4. The molecule has 5 nitrogen and oxygen atoms in total. The number of hydrogen-bond donors (Lipinski definition) is 2. The molecule has 0 fully saturated rings. The predicted molar refractivity (Wildman–Crippen MR) is 76.0 cm³/mol. The molecule has 18 heavy (non-hydrogen) atoms. The van der Waals surface area contributed by atoms with Gasteiger partial charge in [-0.25, -0.2) is 9.59 Å². The molecule has 0 radical (unpaired) electrons. The highest BCUT2D eigenvalue weighted by atomic mass is 127. The number of carboxylic acids is 1. The Balaban J connectivity index is 2.87. The van der Waals surface area contributed by atoms with E-state index < -0.39 is 17.7 Å². The first-order chi connectivity index (χ1) is 8.19. The monoisotopic (exact) mass is 363 g/mol. The van der Waals surface area contributed by atoms with Crippen molar-refractivity contribution in [2.75, 3.05) is 5.32 Å². The van der Waals surface area contributed by atoms with Crippen molar-refractivity contribution in [2.24, 2.45) is 0 Å². The highest BCUT2D eigenvalue weighted by Gasteiger charge is 2.17. The van der Waals surface area contributed by atoms with Gasteiger partial charge in [0.05, 0.1) is 11.3 Å². The third-order valence-electron chi connectivity index (χ3n) is 1.85. The van der Waals surface area contributed by atoms with E-state index in [1.165, 1.54) is 12.1 Å². The molecule has 0 spiro atoms. The molecule has 98 valence electrons. The van der Waals surface area contributed by atoms with Crippen LogP contribution in [0.15, 0.2) is 18.2 Å². The summed E-state index contributed by atoms with van der Waals surface area (Å²) in [5.41, 5.74) is -0.0638. The van der Waals surface area contributed by atoms with E-state index in [9.17, 15) is 9.59 Å². The number of amides is 1. The van der Waals surface area contributed by atoms with Gasteiger partial charge in [0.2, 0.25) is 0 Å². The fraction of sp³-hybridized carbons (Fsp3) is 0.333. The van der Waals surface area contributed by atoms with Crippen molar-refractivity contribution >= 4 is 40.3 Å². The third-order valence-corrected chi connectivity index (χ3v) is 2.79. The lowest BCUT2D eigenvalue weighted by Gasteiger charge is -2.20. The Labute approximate surface area is 119 Å². The Morgan fingerprint density at radius 2 is 1.94 bits per heavy atom. The first kappa shape index (κ1) is 14.7. The van der Waals surface area contributed by atoms with Crippen molar-refractivity contribution in [1.29, 1.82) is 0 Å². The zero-order valence-electron chi connectivity index (χ0n) is 10.3. The highest BCUT2D eigenvalue weighted by Crippen LogP contribution is 2.21. The number of halogens is 1. The van der Waals surface area contributed by atoms with Crippen molar-refractivity contribution in [1.82, 2.24) is 0 Å². The number of hydrogen-bond acceptors (Lipinski definition) is 3. The smallest absolute Gasteiger partial charge is 0.412 e. The van der Waals surface area contributed by atoms with Gasteiger partial charge >= 0.3 is 12.1 Å². The van der Waals surface area contributed by atoms with Gasteiger partial charge in [-0.15, -0.1) is 0 Å². The average Bonchev–Trinajstić information content (AvgIpc) is 2.18. The van der Waals surface area contributed by atoms with Crippen molar-refractivity contribution in [3.05, 3.63) is 27.3 Å². The lowest BCUT2D eigenvalue weighted by molar-refractivity contribution is 0.0632. The number of carbonyl (C=O) groups is 2. The van der Waals surface area contributed by atoms with Crippen LogP contribution in [0.5, 0.6) is 0 Å². The van der Waals surface area contributed by atoms with E-state index in [4.69, 9.17) is 9.84 Å². The lowest BCUT2D eigenvalue weighted by atomic mass is 10.2. The Kier molecular flexibility index (Phi) is 4.55. The molecule has 0 aliphatic heterocycles. The fourth-order valence-electron chi connectivity index (χ4n) is 1.17. The maximum Gasteiger partial charge on any atom is 0.412 e. The summed E-state index contributed by atoms with van der Waals surface area (Å²) in [4.78, 5) is 22.4. The quantitative estimate of drug-likeness (QED) is 0.791. The minimum atomic E-state index is -1.04. The van der Waals surface area contributed by atoms with Crippen LogP contribution in [0.3, 0.4) is 0 Å². The third kappa shape index (κ3) is 4.52. The van der Waals surface area contributed by atoms with E-state index in [0.29, 0.717) is 5.69 Å². The normalized spacial score (nSPS) is 10.9. The van der Waals surface area contributed by atoms with Gasteiger partial charge in [-0.2, -0.15) is 0 Å². The van der Waals surface area contributed by atoms with Crippen molar-refractivity contribution in [3.8, 4) is 0 Å². The second-order valence-corrected chi connectivity index (χ2v) is 5.79. The van der Waals surface area contributed by atoms with Gasteiger partial charge in [-0.1, -0.05) is 0 Å². The summed E-state index contributed by atoms with van der Waals surface area (Å²) in [6.07, 6.45) is -0.608. The Hall–Kier alpha value is -1.31. The zero-order valence-corrected chi connectivity index (χ0v) is 12.4. The van der Waals surface area contributed by atoms with Gasteiger partial charge < -0.3 is 9.84 Å². The Morgan fingerprint density at radius 1 is 1.33 bits per heavy atom. The van der Waals surface area contributed by atoms with Crippen LogP contribution in [0.4, 0.5) is 10.5 Å². The molecule has 0 heterocycles. The molecule has 0 saturated heterocycles. The highest BCUT2D eigenvalue weighted by molar-refractivity contribution is 14.1. The van der Waals surface area contributed by atoms with Crippen LogP contribution in [-0.4, -0.2) is 22.8 Å². The van der Waals surface area contributed by atoms with Crippen molar-refractivity contribution in [2.45, 2.75) is 26.4 Å². The molecule has 1 amide bonds. The van der Waals surface area contributed by atoms with E-state index in [-0.39, 0.29) is 5.56 Å². The summed E-state index contributed by atoms with van der Waals surface area (Å²) in [7, 11) is 0. The minimum Gasteiger partial charge on any atom is -0.478 e. The predicted octanol–water partition coefficient (Wildman–Crippen LogP) is 3.34. The van der Waals surface area contributed by atoms with E-state index in [1.807, 2.05) is 22.6 Å². The van der Waals surface area contributed by atoms with Gasteiger partial charge in [0.25, 0.3) is 0 Å². The maximum atomic E-state index is 11.6. The molecule has 0 aliphatic rings. The molecule has 2 N–H and O–H groups in total. The number of carbonyl (C=O) groups excluding carboxylic acids is 1. The van der Waals surface area contributed by atoms with E-state index in [2.05, 4.69) is 5.32 Å². The molecule has 0 bridgehead atoms. The lowest BCUT2D eigenvalue weighted by Crippen LogP contribution is -2.27. The molecule has 1 aromatic rings. The number of rotatable bonds is 2. The van der Waals surface area contributed by atoms with Crippen LogP contribution < -0.4 is 5.32 Å². The van der Waals surface area contributed by atoms with E-state index in [1.54, 1.807) is 26.8 Å². The van der Waals surface area contributed by atoms with Gasteiger partial charge in [0.1, 0.15) is 5.60 Å². The molecular weight excluding hydrogens is 349 g/mol. The van der Waals surface area contributed by atoms with Gasteiger partial charge in [0.15, 0.2) is 0 Å². The van der Waals surface area contributed by atoms with Crippen LogP contribution in [0.1, 0.15) is 31.1 Å². The summed E-state index contributed by atoms with van der Waals surface area (Å²) in [5.74, 6) is -1.04. The van der Waals surface area contributed by atoms with Crippen molar-refractivity contribution in [3.63, 3.8) is 0 Å². The summed E-state index contributed by atoms with van der Waals surface area (Å²) >= 11 is 2.01. The molecular formula is C12H14INO4. The topological polar surface area (TPSA) is 75.6 Å². The zero-order chi connectivity index (χ0) is 13.9. The Bertz CT molecular complexity index is 479. The average molecular weight is 363 g/mol. The van der Waals surface area contributed by atoms with E-state index in [0.717, 1.165) is 3.57 Å².